The molecule has 1 N–H and O–H groups in total. The van der Waals surface area contributed by atoms with Crippen LogP contribution < -0.4 is 4.74 Å². The summed E-state index contributed by atoms with van der Waals surface area (Å²) in [6, 6.07) is 4.90. The maximum absolute atomic E-state index is 9.85. The number of benzene rings is 1. The van der Waals surface area contributed by atoms with Gasteiger partial charge in [-0.25, -0.2) is 0 Å². The Morgan fingerprint density at radius 2 is 2.20 bits per heavy atom. The van der Waals surface area contributed by atoms with E-state index >= 15 is 0 Å². The van der Waals surface area contributed by atoms with E-state index in [9.17, 15) is 5.11 Å². The predicted molar refractivity (Wildman–Crippen MR) is 79.0 cm³/mol. The minimum absolute atomic E-state index is 0.0934. The zero-order chi connectivity index (χ0) is 14.5. The molecule has 2 aromatic rings. The molecule has 6 heteroatoms. The van der Waals surface area contributed by atoms with Crippen LogP contribution in [0.2, 0.25) is 0 Å². The molecule has 1 aromatic heterocycles. The van der Waals surface area contributed by atoms with Crippen LogP contribution in [0, 0.1) is 5.92 Å². The molecular weight excluding hydrogens is 276 g/mol. The fourth-order valence-corrected chi connectivity index (χ4v) is 2.51. The standard InChI is InChI=1S/C14H18N2O3S/c1-9(2)7-20-8-13-15-14(19-16-13)11-6-10(18-3)4-5-12(11)17/h4-6,9,17H,7-8H2,1-3H3. The minimum atomic E-state index is 0.0934. The molecule has 0 atom stereocenters. The van der Waals surface area contributed by atoms with Gasteiger partial charge in [0.15, 0.2) is 5.82 Å². The molecule has 0 aliphatic rings. The Balaban J connectivity index is 2.12. The summed E-state index contributed by atoms with van der Waals surface area (Å²) in [5, 5.41) is 13.8. The van der Waals surface area contributed by atoms with Crippen molar-refractivity contribution in [2.45, 2.75) is 19.6 Å². The van der Waals surface area contributed by atoms with Gasteiger partial charge in [0.2, 0.25) is 0 Å². The first-order valence-electron chi connectivity index (χ1n) is 6.38. The number of phenolic OH excluding ortho intramolecular Hbond substituents is 1. The van der Waals surface area contributed by atoms with Crippen LogP contribution in [0.3, 0.4) is 0 Å². The Labute approximate surface area is 122 Å². The quantitative estimate of drug-likeness (QED) is 0.881. The van der Waals surface area contributed by atoms with Crippen LogP contribution >= 0.6 is 11.8 Å². The van der Waals surface area contributed by atoms with E-state index in [4.69, 9.17) is 9.26 Å². The summed E-state index contributed by atoms with van der Waals surface area (Å²) >= 11 is 1.76. The normalized spacial score (nSPS) is 11.0. The highest BCUT2D eigenvalue weighted by molar-refractivity contribution is 7.98. The number of aromatic hydroxyl groups is 1. The number of methoxy groups -OCH3 is 1. The lowest BCUT2D eigenvalue weighted by atomic mass is 10.2. The lowest BCUT2D eigenvalue weighted by Crippen LogP contribution is -1.92. The average molecular weight is 294 g/mol. The predicted octanol–water partition coefficient (Wildman–Crippen LogP) is 3.34. The molecule has 0 saturated heterocycles. The molecule has 0 spiro atoms. The van der Waals surface area contributed by atoms with Crippen molar-refractivity contribution in [2.75, 3.05) is 12.9 Å². The topological polar surface area (TPSA) is 68.4 Å². The van der Waals surface area contributed by atoms with Gasteiger partial charge in [-0.05, 0) is 29.9 Å². The van der Waals surface area contributed by atoms with Crippen molar-refractivity contribution in [2.24, 2.45) is 5.92 Å². The third kappa shape index (κ3) is 3.66. The molecule has 1 heterocycles. The second-order valence-corrected chi connectivity index (χ2v) is 5.84. The van der Waals surface area contributed by atoms with Crippen LogP contribution in [0.25, 0.3) is 11.5 Å². The maximum atomic E-state index is 9.85. The Morgan fingerprint density at radius 3 is 2.90 bits per heavy atom. The lowest BCUT2D eigenvalue weighted by molar-refractivity contribution is 0.407. The largest absolute Gasteiger partial charge is 0.507 e. The van der Waals surface area contributed by atoms with Crippen LogP contribution in [0.15, 0.2) is 22.7 Å². The first-order valence-corrected chi connectivity index (χ1v) is 7.53. The Morgan fingerprint density at radius 1 is 1.40 bits per heavy atom. The van der Waals surface area contributed by atoms with Gasteiger partial charge in [0.05, 0.1) is 18.4 Å². The third-order valence-corrected chi connectivity index (χ3v) is 3.95. The molecule has 0 radical (unpaired) electrons. The van der Waals surface area contributed by atoms with E-state index in [2.05, 4.69) is 24.0 Å². The number of ether oxygens (including phenoxy) is 1. The summed E-state index contributed by atoms with van der Waals surface area (Å²) in [7, 11) is 1.57. The van der Waals surface area contributed by atoms with Crippen molar-refractivity contribution in [3.8, 4) is 23.0 Å². The van der Waals surface area contributed by atoms with Gasteiger partial charge < -0.3 is 14.4 Å². The van der Waals surface area contributed by atoms with E-state index in [0.717, 1.165) is 5.75 Å². The molecule has 0 aliphatic heterocycles. The summed E-state index contributed by atoms with van der Waals surface area (Å²) < 4.78 is 10.3. The highest BCUT2D eigenvalue weighted by Gasteiger charge is 2.14. The van der Waals surface area contributed by atoms with Gasteiger partial charge >= 0.3 is 0 Å². The average Bonchev–Trinajstić information content (AvgIpc) is 2.87. The van der Waals surface area contributed by atoms with Crippen molar-refractivity contribution < 1.29 is 14.4 Å². The number of hydrogen-bond donors (Lipinski definition) is 1. The molecule has 5 nitrogen and oxygen atoms in total. The van der Waals surface area contributed by atoms with Crippen LogP contribution in [0.1, 0.15) is 19.7 Å². The van der Waals surface area contributed by atoms with Gasteiger partial charge in [0, 0.05) is 0 Å². The van der Waals surface area contributed by atoms with Crippen LogP contribution in [-0.4, -0.2) is 28.1 Å². The number of nitrogens with zero attached hydrogens (tertiary/aromatic N) is 2. The van der Waals surface area contributed by atoms with E-state index in [1.807, 2.05) is 0 Å². The smallest absolute Gasteiger partial charge is 0.261 e. The summed E-state index contributed by atoms with van der Waals surface area (Å²) in [6.45, 7) is 4.34. The van der Waals surface area contributed by atoms with Crippen LogP contribution in [-0.2, 0) is 5.75 Å². The Bertz CT molecular complexity index is 569. The molecule has 0 saturated carbocycles. The zero-order valence-corrected chi connectivity index (χ0v) is 12.6. The SMILES string of the molecule is COc1ccc(O)c(-c2nc(CSCC(C)C)no2)c1. The first kappa shape index (κ1) is 14.7. The van der Waals surface area contributed by atoms with E-state index < -0.39 is 0 Å². The van der Waals surface area contributed by atoms with Gasteiger partial charge in [0.25, 0.3) is 5.89 Å². The first-order chi connectivity index (χ1) is 9.60. The molecule has 108 valence electrons. The fraction of sp³-hybridized carbons (Fsp3) is 0.429. The Hall–Kier alpha value is -1.69. The molecule has 2 rings (SSSR count). The number of aromatic nitrogens is 2. The number of hydrogen-bond acceptors (Lipinski definition) is 6. The van der Waals surface area contributed by atoms with Crippen LogP contribution in [0.4, 0.5) is 0 Å². The van der Waals surface area contributed by atoms with Crippen molar-refractivity contribution in [1.82, 2.24) is 10.1 Å². The Kier molecular flexibility index (Phi) is 4.89. The van der Waals surface area contributed by atoms with Crippen LogP contribution in [0.5, 0.6) is 11.5 Å². The van der Waals surface area contributed by atoms with Crippen molar-refractivity contribution in [3.63, 3.8) is 0 Å². The molecule has 0 unspecified atom stereocenters. The number of phenols is 1. The molecule has 0 fully saturated rings. The van der Waals surface area contributed by atoms with E-state index in [0.29, 0.717) is 34.7 Å². The van der Waals surface area contributed by atoms with Gasteiger partial charge in [-0.2, -0.15) is 16.7 Å². The summed E-state index contributed by atoms with van der Waals surface area (Å²) in [6.07, 6.45) is 0. The van der Waals surface area contributed by atoms with Crippen molar-refractivity contribution in [3.05, 3.63) is 24.0 Å². The second kappa shape index (κ2) is 6.65. The van der Waals surface area contributed by atoms with E-state index in [1.54, 1.807) is 37.1 Å². The lowest BCUT2D eigenvalue weighted by Gasteiger charge is -2.03. The van der Waals surface area contributed by atoms with Gasteiger partial charge in [0.1, 0.15) is 11.5 Å². The molecule has 1 aromatic carbocycles. The molecule has 0 aliphatic carbocycles. The fourth-order valence-electron chi connectivity index (χ4n) is 1.62. The number of thioether (sulfide) groups is 1. The maximum Gasteiger partial charge on any atom is 0.261 e. The van der Waals surface area contributed by atoms with Crippen molar-refractivity contribution >= 4 is 11.8 Å². The summed E-state index contributed by atoms with van der Waals surface area (Å²) in [5.74, 6) is 4.05. The summed E-state index contributed by atoms with van der Waals surface area (Å²) in [4.78, 5) is 4.30. The monoisotopic (exact) mass is 294 g/mol. The summed E-state index contributed by atoms with van der Waals surface area (Å²) in [5.41, 5.74) is 0.483. The highest BCUT2D eigenvalue weighted by Crippen LogP contribution is 2.31. The molecule has 20 heavy (non-hydrogen) atoms. The minimum Gasteiger partial charge on any atom is -0.507 e. The van der Waals surface area contributed by atoms with Crippen molar-refractivity contribution in [1.29, 1.82) is 0 Å². The molecule has 0 amide bonds. The third-order valence-electron chi connectivity index (χ3n) is 2.58. The second-order valence-electron chi connectivity index (χ2n) is 4.81. The van der Waals surface area contributed by atoms with Gasteiger partial charge in [-0.3, -0.25) is 0 Å². The number of rotatable bonds is 6. The molecular formula is C14H18N2O3S. The zero-order valence-electron chi connectivity index (χ0n) is 11.8. The van der Waals surface area contributed by atoms with Gasteiger partial charge in [-0.15, -0.1) is 0 Å². The molecule has 0 bridgehead atoms. The van der Waals surface area contributed by atoms with E-state index in [1.165, 1.54) is 0 Å². The highest BCUT2D eigenvalue weighted by atomic mass is 32.2. The van der Waals surface area contributed by atoms with Gasteiger partial charge in [-0.1, -0.05) is 19.0 Å². The van der Waals surface area contributed by atoms with E-state index in [-0.39, 0.29) is 5.75 Å².